The molecule has 1 aromatic heterocycles. The van der Waals surface area contributed by atoms with Crippen LogP contribution in [0.25, 0.3) is 0 Å². The molecule has 1 aromatic rings. The molecule has 1 amide bonds. The van der Waals surface area contributed by atoms with Gasteiger partial charge in [-0.05, 0) is 5.92 Å². The predicted octanol–water partition coefficient (Wildman–Crippen LogP) is 0.436. The van der Waals surface area contributed by atoms with E-state index >= 15 is 0 Å². The van der Waals surface area contributed by atoms with Gasteiger partial charge in [0.25, 0.3) is 11.5 Å². The number of aliphatic carboxylic acids is 1. The highest BCUT2D eigenvalue weighted by Crippen LogP contribution is 2.20. The Labute approximate surface area is 125 Å². The molecule has 2 rings (SSSR count). The van der Waals surface area contributed by atoms with Gasteiger partial charge in [0.05, 0.1) is 5.92 Å². The molecule has 21 heavy (non-hydrogen) atoms. The third kappa shape index (κ3) is 3.26. The molecule has 0 aromatic carbocycles. The van der Waals surface area contributed by atoms with Gasteiger partial charge in [0, 0.05) is 25.0 Å². The van der Waals surface area contributed by atoms with E-state index in [0.717, 1.165) is 5.75 Å². The first-order valence-electron chi connectivity index (χ1n) is 6.65. The van der Waals surface area contributed by atoms with Crippen LogP contribution >= 0.6 is 11.8 Å². The Hall–Kier alpha value is -1.83. The molecule has 1 aliphatic rings. The Morgan fingerprint density at radius 1 is 1.52 bits per heavy atom. The molecule has 7 nitrogen and oxygen atoms in total. The van der Waals surface area contributed by atoms with Gasteiger partial charge in [0.1, 0.15) is 5.56 Å². The number of carbonyl (C=O) groups is 2. The number of carboxylic acids is 1. The van der Waals surface area contributed by atoms with Gasteiger partial charge in [-0.25, -0.2) is 4.98 Å². The van der Waals surface area contributed by atoms with Gasteiger partial charge in [0.15, 0.2) is 5.16 Å². The second-order valence-corrected chi connectivity index (χ2v) is 6.22. The highest BCUT2D eigenvalue weighted by Gasteiger charge is 2.24. The Balaban J connectivity index is 2.11. The van der Waals surface area contributed by atoms with Gasteiger partial charge in [-0.2, -0.15) is 0 Å². The van der Waals surface area contributed by atoms with E-state index in [9.17, 15) is 14.4 Å². The minimum absolute atomic E-state index is 0.0121. The molecule has 114 valence electrons. The minimum atomic E-state index is -0.967. The zero-order chi connectivity index (χ0) is 15.6. The molecule has 0 bridgehead atoms. The van der Waals surface area contributed by atoms with E-state index < -0.39 is 17.8 Å². The normalized spacial score (nSPS) is 14.8. The maximum atomic E-state index is 12.1. The lowest BCUT2D eigenvalue weighted by atomic mass is 9.96. The molecule has 0 saturated carbocycles. The van der Waals surface area contributed by atoms with Crippen molar-refractivity contribution in [3.63, 3.8) is 0 Å². The van der Waals surface area contributed by atoms with E-state index in [1.807, 2.05) is 0 Å². The van der Waals surface area contributed by atoms with Crippen LogP contribution in [0.5, 0.6) is 0 Å². The number of thioether (sulfide) groups is 1. The van der Waals surface area contributed by atoms with Crippen LogP contribution in [0, 0.1) is 11.8 Å². The molecule has 8 heteroatoms. The summed E-state index contributed by atoms with van der Waals surface area (Å²) >= 11 is 1.47. The lowest BCUT2D eigenvalue weighted by Gasteiger charge is -2.16. The Kier molecular flexibility index (Phi) is 4.66. The summed E-state index contributed by atoms with van der Waals surface area (Å²) in [6.45, 7) is 4.07. The lowest BCUT2D eigenvalue weighted by Crippen LogP contribution is -2.38. The minimum Gasteiger partial charge on any atom is -0.481 e. The van der Waals surface area contributed by atoms with E-state index in [2.05, 4.69) is 10.3 Å². The van der Waals surface area contributed by atoms with E-state index in [1.165, 1.54) is 22.5 Å². The third-order valence-electron chi connectivity index (χ3n) is 3.41. The first-order chi connectivity index (χ1) is 9.91. The molecule has 0 spiro atoms. The molecule has 1 aliphatic heterocycles. The van der Waals surface area contributed by atoms with Gasteiger partial charge in [-0.15, -0.1) is 0 Å². The second-order valence-electron chi connectivity index (χ2n) is 5.16. The van der Waals surface area contributed by atoms with Gasteiger partial charge in [-0.3, -0.25) is 19.0 Å². The van der Waals surface area contributed by atoms with Crippen molar-refractivity contribution in [2.75, 3.05) is 12.3 Å². The number of fused-ring (bicyclic) bond motifs is 1. The molecule has 0 fully saturated rings. The SMILES string of the molecule is CC(C)C(CNC(=O)c1cnc2n(c1=O)CCS2)C(=O)O. The predicted molar refractivity (Wildman–Crippen MR) is 77.5 cm³/mol. The van der Waals surface area contributed by atoms with Crippen LogP contribution < -0.4 is 10.9 Å². The second kappa shape index (κ2) is 6.30. The number of hydrogen-bond donors (Lipinski definition) is 2. The van der Waals surface area contributed by atoms with Crippen molar-refractivity contribution in [1.29, 1.82) is 0 Å². The summed E-state index contributed by atoms with van der Waals surface area (Å²) < 4.78 is 1.47. The third-order valence-corrected chi connectivity index (χ3v) is 4.38. The summed E-state index contributed by atoms with van der Waals surface area (Å²) in [5.74, 6) is -1.58. The van der Waals surface area contributed by atoms with Gasteiger partial charge in [0.2, 0.25) is 0 Å². The van der Waals surface area contributed by atoms with E-state index in [0.29, 0.717) is 11.7 Å². The van der Waals surface area contributed by atoms with E-state index in [-0.39, 0.29) is 23.6 Å². The van der Waals surface area contributed by atoms with E-state index in [4.69, 9.17) is 5.11 Å². The summed E-state index contributed by atoms with van der Waals surface area (Å²) in [7, 11) is 0. The summed E-state index contributed by atoms with van der Waals surface area (Å²) in [5.41, 5.74) is -0.423. The Morgan fingerprint density at radius 3 is 2.86 bits per heavy atom. The van der Waals surface area contributed by atoms with Crippen LogP contribution in [-0.4, -0.2) is 38.8 Å². The smallest absolute Gasteiger partial charge is 0.308 e. The number of nitrogens with zero attached hydrogens (tertiary/aromatic N) is 2. The fourth-order valence-corrected chi connectivity index (χ4v) is 2.99. The van der Waals surface area contributed by atoms with Gasteiger partial charge < -0.3 is 10.4 Å². The van der Waals surface area contributed by atoms with Crippen LogP contribution in [0.2, 0.25) is 0 Å². The standard InChI is InChI=1S/C13H17N3O4S/c1-7(2)8(12(19)20)5-14-10(17)9-6-15-13-16(11(9)18)3-4-21-13/h6-8H,3-5H2,1-2H3,(H,14,17)(H,19,20). The quantitative estimate of drug-likeness (QED) is 0.765. The zero-order valence-corrected chi connectivity index (χ0v) is 12.6. The number of carbonyl (C=O) groups excluding carboxylic acids is 1. The first kappa shape index (κ1) is 15.6. The molecule has 2 N–H and O–H groups in total. The number of amides is 1. The van der Waals surface area contributed by atoms with Crippen molar-refractivity contribution < 1.29 is 14.7 Å². The van der Waals surface area contributed by atoms with Gasteiger partial charge >= 0.3 is 5.97 Å². The molecule has 0 radical (unpaired) electrons. The topological polar surface area (TPSA) is 101 Å². The largest absolute Gasteiger partial charge is 0.481 e. The number of aromatic nitrogens is 2. The molecule has 1 unspecified atom stereocenters. The maximum Gasteiger partial charge on any atom is 0.308 e. The molecular formula is C13H17N3O4S. The fraction of sp³-hybridized carbons (Fsp3) is 0.538. The first-order valence-corrected chi connectivity index (χ1v) is 7.64. The summed E-state index contributed by atoms with van der Waals surface area (Å²) in [4.78, 5) is 39.4. The number of nitrogens with one attached hydrogen (secondary N) is 1. The number of hydrogen-bond acceptors (Lipinski definition) is 5. The van der Waals surface area contributed by atoms with Crippen LogP contribution in [0.3, 0.4) is 0 Å². The lowest BCUT2D eigenvalue weighted by molar-refractivity contribution is -0.142. The Morgan fingerprint density at radius 2 is 2.24 bits per heavy atom. The average Bonchev–Trinajstić information content (AvgIpc) is 2.87. The van der Waals surface area contributed by atoms with Crippen LogP contribution in [-0.2, 0) is 11.3 Å². The molecule has 0 aliphatic carbocycles. The highest BCUT2D eigenvalue weighted by atomic mass is 32.2. The average molecular weight is 311 g/mol. The van der Waals surface area contributed by atoms with Crippen molar-refractivity contribution in [2.45, 2.75) is 25.5 Å². The molecule has 1 atom stereocenters. The zero-order valence-electron chi connectivity index (χ0n) is 11.8. The van der Waals surface area contributed by atoms with Crippen molar-refractivity contribution in [1.82, 2.24) is 14.9 Å². The van der Waals surface area contributed by atoms with E-state index in [1.54, 1.807) is 13.8 Å². The van der Waals surface area contributed by atoms with Crippen LogP contribution in [0.1, 0.15) is 24.2 Å². The Bertz CT molecular complexity index is 626. The van der Waals surface area contributed by atoms with Crippen LogP contribution in [0.4, 0.5) is 0 Å². The van der Waals surface area contributed by atoms with Crippen molar-refractivity contribution in [3.05, 3.63) is 22.1 Å². The monoisotopic (exact) mass is 311 g/mol. The van der Waals surface area contributed by atoms with Crippen LogP contribution in [0.15, 0.2) is 16.1 Å². The number of carboxylic acid groups (broad SMARTS) is 1. The molecular weight excluding hydrogens is 294 g/mol. The van der Waals surface area contributed by atoms with Crippen molar-refractivity contribution in [3.8, 4) is 0 Å². The maximum absolute atomic E-state index is 12.1. The number of rotatable bonds is 5. The summed E-state index contributed by atoms with van der Waals surface area (Å²) in [5, 5.41) is 12.2. The fourth-order valence-electron chi connectivity index (χ4n) is 2.08. The molecule has 0 saturated heterocycles. The van der Waals surface area contributed by atoms with Crippen molar-refractivity contribution >= 4 is 23.6 Å². The summed E-state index contributed by atoms with van der Waals surface area (Å²) in [6, 6.07) is 0. The summed E-state index contributed by atoms with van der Waals surface area (Å²) in [6.07, 6.45) is 1.26. The highest BCUT2D eigenvalue weighted by molar-refractivity contribution is 7.99. The molecule has 2 heterocycles. The van der Waals surface area contributed by atoms with Gasteiger partial charge in [-0.1, -0.05) is 25.6 Å². The van der Waals surface area contributed by atoms with Crippen molar-refractivity contribution in [2.24, 2.45) is 11.8 Å².